The first kappa shape index (κ1) is 16.9. The third-order valence-corrected chi connectivity index (χ3v) is 4.67. The summed E-state index contributed by atoms with van der Waals surface area (Å²) in [6, 6.07) is 5.59. The SMILES string of the molecule is Cc1cccc(NC(=O)C2CCCN(CC(=O)NCC3CC3)C2)n1. The fourth-order valence-corrected chi connectivity index (χ4v) is 3.09. The van der Waals surface area contributed by atoms with E-state index in [1.54, 1.807) is 6.07 Å². The van der Waals surface area contributed by atoms with Crippen LogP contribution in [-0.2, 0) is 9.59 Å². The molecule has 2 amide bonds. The highest BCUT2D eigenvalue weighted by molar-refractivity contribution is 5.92. The van der Waals surface area contributed by atoms with Gasteiger partial charge in [0.05, 0.1) is 12.5 Å². The van der Waals surface area contributed by atoms with Crippen LogP contribution in [-0.4, -0.2) is 47.9 Å². The van der Waals surface area contributed by atoms with Crippen molar-refractivity contribution in [1.29, 1.82) is 0 Å². The van der Waals surface area contributed by atoms with Crippen LogP contribution in [0.3, 0.4) is 0 Å². The molecule has 2 aliphatic rings. The van der Waals surface area contributed by atoms with E-state index in [1.165, 1.54) is 12.8 Å². The Labute approximate surface area is 143 Å². The summed E-state index contributed by atoms with van der Waals surface area (Å²) in [4.78, 5) is 30.8. The molecule has 3 rings (SSSR count). The number of nitrogens with zero attached hydrogens (tertiary/aromatic N) is 2. The second-order valence-electron chi connectivity index (χ2n) is 6.98. The number of pyridine rings is 1. The van der Waals surface area contributed by atoms with Crippen molar-refractivity contribution >= 4 is 17.6 Å². The van der Waals surface area contributed by atoms with E-state index in [0.29, 0.717) is 24.8 Å². The van der Waals surface area contributed by atoms with Gasteiger partial charge in [0.15, 0.2) is 0 Å². The zero-order chi connectivity index (χ0) is 16.9. The molecule has 2 fully saturated rings. The van der Waals surface area contributed by atoms with E-state index in [4.69, 9.17) is 0 Å². The molecule has 1 saturated carbocycles. The summed E-state index contributed by atoms with van der Waals surface area (Å²) in [6.45, 7) is 4.60. The number of rotatable bonds is 6. The van der Waals surface area contributed by atoms with Crippen LogP contribution in [0.25, 0.3) is 0 Å². The number of piperidine rings is 1. The van der Waals surface area contributed by atoms with E-state index in [2.05, 4.69) is 20.5 Å². The summed E-state index contributed by atoms with van der Waals surface area (Å²) in [5.74, 6) is 1.27. The third kappa shape index (κ3) is 5.03. The van der Waals surface area contributed by atoms with Gasteiger partial charge in [-0.05, 0) is 57.2 Å². The molecule has 1 atom stereocenters. The van der Waals surface area contributed by atoms with Gasteiger partial charge in [-0.15, -0.1) is 0 Å². The highest BCUT2D eigenvalue weighted by atomic mass is 16.2. The van der Waals surface area contributed by atoms with Crippen molar-refractivity contribution in [3.05, 3.63) is 23.9 Å². The van der Waals surface area contributed by atoms with E-state index < -0.39 is 0 Å². The first-order valence-electron chi connectivity index (χ1n) is 8.84. The number of aromatic nitrogens is 1. The molecule has 1 aromatic rings. The maximum atomic E-state index is 12.5. The molecule has 24 heavy (non-hydrogen) atoms. The number of hydrogen-bond donors (Lipinski definition) is 2. The van der Waals surface area contributed by atoms with Crippen molar-refractivity contribution in [2.45, 2.75) is 32.6 Å². The lowest BCUT2D eigenvalue weighted by Gasteiger charge is -2.31. The summed E-state index contributed by atoms with van der Waals surface area (Å²) in [6.07, 6.45) is 4.27. The molecule has 0 spiro atoms. The van der Waals surface area contributed by atoms with E-state index in [9.17, 15) is 9.59 Å². The minimum absolute atomic E-state index is 0.00353. The summed E-state index contributed by atoms with van der Waals surface area (Å²) >= 11 is 0. The Balaban J connectivity index is 1.47. The lowest BCUT2D eigenvalue weighted by molar-refractivity contribution is -0.125. The van der Waals surface area contributed by atoms with Crippen LogP contribution in [0, 0.1) is 18.8 Å². The topological polar surface area (TPSA) is 74.3 Å². The van der Waals surface area contributed by atoms with Gasteiger partial charge >= 0.3 is 0 Å². The van der Waals surface area contributed by atoms with Crippen LogP contribution in [0.4, 0.5) is 5.82 Å². The van der Waals surface area contributed by atoms with Crippen LogP contribution in [0.2, 0.25) is 0 Å². The average Bonchev–Trinajstić information content (AvgIpc) is 3.37. The van der Waals surface area contributed by atoms with Gasteiger partial charge in [-0.25, -0.2) is 4.98 Å². The molecule has 1 aromatic heterocycles. The molecule has 0 bridgehead atoms. The molecule has 6 nitrogen and oxygen atoms in total. The van der Waals surface area contributed by atoms with Crippen LogP contribution >= 0.6 is 0 Å². The van der Waals surface area contributed by atoms with Crippen molar-refractivity contribution in [3.63, 3.8) is 0 Å². The maximum absolute atomic E-state index is 12.5. The summed E-state index contributed by atoms with van der Waals surface area (Å²) in [7, 11) is 0. The fraction of sp³-hybridized carbons (Fsp3) is 0.611. The van der Waals surface area contributed by atoms with Crippen molar-refractivity contribution in [3.8, 4) is 0 Å². The van der Waals surface area contributed by atoms with Crippen LogP contribution in [0.1, 0.15) is 31.4 Å². The minimum atomic E-state index is -0.0858. The molecular weight excluding hydrogens is 304 g/mol. The summed E-state index contributed by atoms with van der Waals surface area (Å²) < 4.78 is 0. The van der Waals surface area contributed by atoms with Crippen molar-refractivity contribution in [2.24, 2.45) is 11.8 Å². The van der Waals surface area contributed by atoms with Gasteiger partial charge in [0.25, 0.3) is 0 Å². The van der Waals surface area contributed by atoms with Gasteiger partial charge < -0.3 is 10.6 Å². The Morgan fingerprint density at radius 2 is 2.12 bits per heavy atom. The molecule has 6 heteroatoms. The lowest BCUT2D eigenvalue weighted by atomic mass is 9.97. The number of likely N-dealkylation sites (tertiary alicyclic amines) is 1. The predicted molar refractivity (Wildman–Crippen MR) is 92.5 cm³/mol. The first-order chi connectivity index (χ1) is 11.6. The Hall–Kier alpha value is -1.95. The van der Waals surface area contributed by atoms with Crippen LogP contribution in [0.15, 0.2) is 18.2 Å². The largest absolute Gasteiger partial charge is 0.355 e. The van der Waals surface area contributed by atoms with Gasteiger partial charge in [0.2, 0.25) is 11.8 Å². The highest BCUT2D eigenvalue weighted by Crippen LogP contribution is 2.27. The molecule has 1 aliphatic heterocycles. The van der Waals surface area contributed by atoms with E-state index in [0.717, 1.165) is 31.6 Å². The number of amides is 2. The monoisotopic (exact) mass is 330 g/mol. The number of aryl methyl sites for hydroxylation is 1. The second-order valence-corrected chi connectivity index (χ2v) is 6.98. The molecule has 1 saturated heterocycles. The molecule has 0 radical (unpaired) electrons. The van der Waals surface area contributed by atoms with Crippen LogP contribution < -0.4 is 10.6 Å². The number of nitrogens with one attached hydrogen (secondary N) is 2. The normalized spacial score (nSPS) is 21.3. The molecule has 2 N–H and O–H groups in total. The van der Waals surface area contributed by atoms with Crippen molar-refractivity contribution in [2.75, 3.05) is 31.5 Å². The summed E-state index contributed by atoms with van der Waals surface area (Å²) in [5, 5.41) is 5.89. The molecule has 130 valence electrons. The van der Waals surface area contributed by atoms with Gasteiger partial charge in [-0.1, -0.05) is 6.07 Å². The molecule has 1 unspecified atom stereocenters. The van der Waals surface area contributed by atoms with Gasteiger partial charge in [-0.3, -0.25) is 14.5 Å². The zero-order valence-electron chi connectivity index (χ0n) is 14.3. The third-order valence-electron chi connectivity index (χ3n) is 4.67. The predicted octanol–water partition coefficient (Wildman–Crippen LogP) is 1.57. The van der Waals surface area contributed by atoms with Crippen LogP contribution in [0.5, 0.6) is 0 Å². The first-order valence-corrected chi connectivity index (χ1v) is 8.84. The molecule has 0 aromatic carbocycles. The number of anilines is 1. The van der Waals surface area contributed by atoms with E-state index in [1.807, 2.05) is 19.1 Å². The Morgan fingerprint density at radius 3 is 2.88 bits per heavy atom. The Kier molecular flexibility index (Phi) is 5.45. The van der Waals surface area contributed by atoms with Gasteiger partial charge in [-0.2, -0.15) is 0 Å². The lowest BCUT2D eigenvalue weighted by Crippen LogP contribution is -2.45. The van der Waals surface area contributed by atoms with Crippen molar-refractivity contribution in [1.82, 2.24) is 15.2 Å². The quantitative estimate of drug-likeness (QED) is 0.830. The van der Waals surface area contributed by atoms with E-state index >= 15 is 0 Å². The Morgan fingerprint density at radius 1 is 1.29 bits per heavy atom. The highest BCUT2D eigenvalue weighted by Gasteiger charge is 2.27. The molecule has 1 aliphatic carbocycles. The van der Waals surface area contributed by atoms with Gasteiger partial charge in [0, 0.05) is 18.8 Å². The average molecular weight is 330 g/mol. The fourth-order valence-electron chi connectivity index (χ4n) is 3.09. The standard InChI is InChI=1S/C18H26N4O2/c1-13-4-2-6-16(20-13)21-18(24)15-5-3-9-22(11-15)12-17(23)19-10-14-7-8-14/h2,4,6,14-15H,3,5,7-12H2,1H3,(H,19,23)(H,20,21,24). The van der Waals surface area contributed by atoms with E-state index in [-0.39, 0.29) is 17.7 Å². The number of hydrogen-bond acceptors (Lipinski definition) is 4. The van der Waals surface area contributed by atoms with Crippen molar-refractivity contribution < 1.29 is 9.59 Å². The molecular formula is C18H26N4O2. The smallest absolute Gasteiger partial charge is 0.234 e. The minimum Gasteiger partial charge on any atom is -0.355 e. The maximum Gasteiger partial charge on any atom is 0.234 e. The Bertz CT molecular complexity index is 600. The zero-order valence-corrected chi connectivity index (χ0v) is 14.3. The second kappa shape index (κ2) is 7.75. The van der Waals surface area contributed by atoms with Gasteiger partial charge in [0.1, 0.15) is 5.82 Å². The molecule has 2 heterocycles. The number of carbonyl (C=O) groups excluding carboxylic acids is 2. The summed E-state index contributed by atoms with van der Waals surface area (Å²) in [5.41, 5.74) is 0.880. The number of carbonyl (C=O) groups is 2.